The number of aryl methyl sites for hydroxylation is 1. The molecule has 1 saturated carbocycles. The molecule has 2 amide bonds. The molecule has 3 rings (SSSR count). The quantitative estimate of drug-likeness (QED) is 0.777. The lowest BCUT2D eigenvalue weighted by Crippen LogP contribution is -2.45. The maximum Gasteiger partial charge on any atom is 0.315 e. The first kappa shape index (κ1) is 13.5. The second kappa shape index (κ2) is 5.87. The predicted octanol–water partition coefficient (Wildman–Crippen LogP) is 2.26. The molecule has 1 heterocycles. The molecule has 110 valence electrons. The van der Waals surface area contributed by atoms with Gasteiger partial charge < -0.3 is 20.2 Å². The molecule has 0 saturated heterocycles. The molecule has 1 fully saturated rings. The van der Waals surface area contributed by atoms with E-state index in [-0.39, 0.29) is 24.2 Å². The number of fused-ring (bicyclic) bond motifs is 1. The van der Waals surface area contributed by atoms with Crippen molar-refractivity contribution in [3.63, 3.8) is 0 Å². The Morgan fingerprint density at radius 1 is 1.20 bits per heavy atom. The molecule has 0 bridgehead atoms. The summed E-state index contributed by atoms with van der Waals surface area (Å²) in [4.78, 5) is 12.1. The second-order valence-corrected chi connectivity index (χ2v) is 5.87. The monoisotopic (exact) mass is 278 g/mol. The first-order valence-electron chi connectivity index (χ1n) is 7.53. The zero-order chi connectivity index (χ0) is 13.9. The summed E-state index contributed by atoms with van der Waals surface area (Å²) in [6.07, 6.45) is 7.74. The van der Waals surface area contributed by atoms with Crippen molar-refractivity contribution in [2.24, 2.45) is 0 Å². The van der Waals surface area contributed by atoms with Crippen molar-refractivity contribution in [1.82, 2.24) is 10.6 Å². The van der Waals surface area contributed by atoms with Crippen molar-refractivity contribution in [1.29, 1.82) is 0 Å². The Morgan fingerprint density at radius 2 is 2.00 bits per heavy atom. The Labute approximate surface area is 118 Å². The number of amides is 2. The number of carbonyl (C=O) groups excluding carboxylic acids is 1. The lowest BCUT2D eigenvalue weighted by molar-refractivity contribution is 0.117. The van der Waals surface area contributed by atoms with Gasteiger partial charge in [-0.2, -0.15) is 0 Å². The van der Waals surface area contributed by atoms with Gasteiger partial charge in [-0.15, -0.1) is 0 Å². The van der Waals surface area contributed by atoms with Gasteiger partial charge in [-0.1, -0.05) is 0 Å². The van der Waals surface area contributed by atoms with Crippen LogP contribution in [-0.2, 0) is 6.42 Å². The number of aliphatic hydroxyl groups excluding tert-OH is 1. The number of furan rings is 1. The van der Waals surface area contributed by atoms with Crippen molar-refractivity contribution < 1.29 is 14.3 Å². The third-order valence-electron chi connectivity index (χ3n) is 4.39. The summed E-state index contributed by atoms with van der Waals surface area (Å²) in [6.45, 7) is 0. The smallest absolute Gasteiger partial charge is 0.315 e. The average Bonchev–Trinajstić information content (AvgIpc) is 2.91. The zero-order valence-electron chi connectivity index (χ0n) is 11.6. The average molecular weight is 278 g/mol. The molecule has 1 aromatic heterocycles. The molecule has 20 heavy (non-hydrogen) atoms. The summed E-state index contributed by atoms with van der Waals surface area (Å²) >= 11 is 0. The zero-order valence-corrected chi connectivity index (χ0v) is 11.6. The van der Waals surface area contributed by atoms with Gasteiger partial charge in [0.05, 0.1) is 18.4 Å². The molecular formula is C15H22N2O3. The standard InChI is InChI=1S/C15H22N2O3/c18-11-6-4-10(5-7-11)16-15(19)17-13-2-1-3-14-12(13)8-9-20-14/h8-11,13,18H,1-7H2,(H2,16,17,19). The summed E-state index contributed by atoms with van der Waals surface area (Å²) in [5, 5.41) is 15.5. The number of carbonyl (C=O) groups is 1. The van der Waals surface area contributed by atoms with Crippen LogP contribution in [0.15, 0.2) is 16.7 Å². The topological polar surface area (TPSA) is 74.5 Å². The van der Waals surface area contributed by atoms with Crippen LogP contribution < -0.4 is 10.6 Å². The third kappa shape index (κ3) is 2.98. The fraction of sp³-hybridized carbons (Fsp3) is 0.667. The minimum absolute atomic E-state index is 0.0617. The predicted molar refractivity (Wildman–Crippen MR) is 74.3 cm³/mol. The molecular weight excluding hydrogens is 256 g/mol. The van der Waals surface area contributed by atoms with E-state index in [0.29, 0.717) is 0 Å². The van der Waals surface area contributed by atoms with E-state index in [1.54, 1.807) is 6.26 Å². The van der Waals surface area contributed by atoms with Crippen LogP contribution in [0.3, 0.4) is 0 Å². The number of urea groups is 1. The van der Waals surface area contributed by atoms with Crippen LogP contribution in [-0.4, -0.2) is 23.3 Å². The maximum atomic E-state index is 12.1. The van der Waals surface area contributed by atoms with Crippen LogP contribution in [0.2, 0.25) is 0 Å². The fourth-order valence-electron chi connectivity index (χ4n) is 3.24. The summed E-state index contributed by atoms with van der Waals surface area (Å²) in [6, 6.07) is 2.10. The minimum atomic E-state index is -0.192. The van der Waals surface area contributed by atoms with Gasteiger partial charge in [0.25, 0.3) is 0 Å². The summed E-state index contributed by atoms with van der Waals surface area (Å²) in [7, 11) is 0. The van der Waals surface area contributed by atoms with Crippen LogP contribution >= 0.6 is 0 Å². The molecule has 0 aromatic carbocycles. The van der Waals surface area contributed by atoms with E-state index in [1.807, 2.05) is 6.07 Å². The minimum Gasteiger partial charge on any atom is -0.469 e. The van der Waals surface area contributed by atoms with E-state index in [0.717, 1.165) is 56.3 Å². The highest BCUT2D eigenvalue weighted by molar-refractivity contribution is 5.74. The van der Waals surface area contributed by atoms with Gasteiger partial charge in [-0.05, 0) is 44.6 Å². The second-order valence-electron chi connectivity index (χ2n) is 5.87. The number of aliphatic hydroxyl groups is 1. The lowest BCUT2D eigenvalue weighted by atomic mass is 9.93. The Morgan fingerprint density at radius 3 is 2.80 bits per heavy atom. The van der Waals surface area contributed by atoms with Crippen LogP contribution in [0, 0.1) is 0 Å². The van der Waals surface area contributed by atoms with Crippen LogP contribution in [0.1, 0.15) is 55.9 Å². The van der Waals surface area contributed by atoms with Crippen LogP contribution in [0.4, 0.5) is 4.79 Å². The van der Waals surface area contributed by atoms with Crippen molar-refractivity contribution in [2.45, 2.75) is 63.1 Å². The van der Waals surface area contributed by atoms with Gasteiger partial charge in [0.2, 0.25) is 0 Å². The summed E-state index contributed by atoms with van der Waals surface area (Å²) in [5.74, 6) is 1.00. The summed E-state index contributed by atoms with van der Waals surface area (Å²) < 4.78 is 5.43. The normalized spacial score (nSPS) is 29.6. The number of hydrogen-bond acceptors (Lipinski definition) is 3. The van der Waals surface area contributed by atoms with E-state index in [4.69, 9.17) is 4.42 Å². The number of hydrogen-bond donors (Lipinski definition) is 3. The maximum absolute atomic E-state index is 12.1. The Kier molecular flexibility index (Phi) is 3.96. The van der Waals surface area contributed by atoms with Crippen molar-refractivity contribution in [3.05, 3.63) is 23.7 Å². The van der Waals surface area contributed by atoms with E-state index >= 15 is 0 Å². The van der Waals surface area contributed by atoms with E-state index in [2.05, 4.69) is 10.6 Å². The molecule has 2 aliphatic carbocycles. The van der Waals surface area contributed by atoms with Crippen LogP contribution in [0.5, 0.6) is 0 Å². The Bertz CT molecular complexity index is 463. The third-order valence-corrected chi connectivity index (χ3v) is 4.39. The molecule has 0 aliphatic heterocycles. The van der Waals surface area contributed by atoms with E-state index in [9.17, 15) is 9.90 Å². The SMILES string of the molecule is O=C(NC1CCC(O)CC1)NC1CCCc2occc21. The molecule has 2 aliphatic rings. The van der Waals surface area contributed by atoms with Gasteiger partial charge in [-0.25, -0.2) is 4.79 Å². The molecule has 3 N–H and O–H groups in total. The highest BCUT2D eigenvalue weighted by Gasteiger charge is 2.26. The Hall–Kier alpha value is -1.49. The first-order valence-corrected chi connectivity index (χ1v) is 7.53. The van der Waals surface area contributed by atoms with Crippen molar-refractivity contribution >= 4 is 6.03 Å². The molecule has 0 radical (unpaired) electrons. The molecule has 1 unspecified atom stereocenters. The molecule has 1 aromatic rings. The molecule has 5 heteroatoms. The van der Waals surface area contributed by atoms with Gasteiger partial charge in [0.15, 0.2) is 0 Å². The van der Waals surface area contributed by atoms with E-state index in [1.165, 1.54) is 0 Å². The van der Waals surface area contributed by atoms with Gasteiger partial charge in [0, 0.05) is 18.0 Å². The highest BCUT2D eigenvalue weighted by Crippen LogP contribution is 2.30. The molecule has 0 spiro atoms. The van der Waals surface area contributed by atoms with Gasteiger partial charge in [-0.3, -0.25) is 0 Å². The van der Waals surface area contributed by atoms with Crippen LogP contribution in [0.25, 0.3) is 0 Å². The number of rotatable bonds is 2. The highest BCUT2D eigenvalue weighted by atomic mass is 16.3. The van der Waals surface area contributed by atoms with Crippen molar-refractivity contribution in [3.8, 4) is 0 Å². The number of nitrogens with one attached hydrogen (secondary N) is 2. The van der Waals surface area contributed by atoms with Gasteiger partial charge in [0.1, 0.15) is 5.76 Å². The first-order chi connectivity index (χ1) is 9.72. The van der Waals surface area contributed by atoms with Crippen molar-refractivity contribution in [2.75, 3.05) is 0 Å². The van der Waals surface area contributed by atoms with E-state index < -0.39 is 0 Å². The largest absolute Gasteiger partial charge is 0.469 e. The lowest BCUT2D eigenvalue weighted by Gasteiger charge is -2.28. The Balaban J connectivity index is 1.53. The fourth-order valence-corrected chi connectivity index (χ4v) is 3.24. The molecule has 5 nitrogen and oxygen atoms in total. The molecule has 1 atom stereocenters. The van der Waals surface area contributed by atoms with Gasteiger partial charge >= 0.3 is 6.03 Å². The summed E-state index contributed by atoms with van der Waals surface area (Å²) in [5.41, 5.74) is 1.12.